The molecule has 0 saturated carbocycles. The average Bonchev–Trinajstić information content (AvgIpc) is 3.44. The number of hydrogen-bond donors (Lipinski definition) is 0. The predicted octanol–water partition coefficient (Wildman–Crippen LogP) is 5.92. The molecule has 0 aliphatic heterocycles. The molecule has 0 amide bonds. The first kappa shape index (κ1) is 23.2. The minimum atomic E-state index is -0.545. The molecule has 0 saturated heterocycles. The second-order valence-electron chi connectivity index (χ2n) is 7.64. The van der Waals surface area contributed by atoms with E-state index in [0.717, 1.165) is 10.0 Å². The number of fused-ring (bicyclic) bond motifs is 1. The van der Waals surface area contributed by atoms with E-state index in [-0.39, 0.29) is 17.1 Å². The number of aromatic nitrogens is 2. The lowest BCUT2D eigenvalue weighted by Crippen LogP contribution is -2.20. The van der Waals surface area contributed by atoms with Crippen molar-refractivity contribution in [1.29, 1.82) is 0 Å². The highest BCUT2D eigenvalue weighted by molar-refractivity contribution is 9.10. The fourth-order valence-electron chi connectivity index (χ4n) is 3.50. The van der Waals surface area contributed by atoms with Crippen LogP contribution in [0.2, 0.25) is 0 Å². The molecular formula is C28H18BrN3O4. The van der Waals surface area contributed by atoms with Gasteiger partial charge in [0, 0.05) is 16.1 Å². The lowest BCUT2D eigenvalue weighted by Gasteiger charge is -2.09. The van der Waals surface area contributed by atoms with E-state index >= 15 is 0 Å². The smallest absolute Gasteiger partial charge is 0.336 e. The van der Waals surface area contributed by atoms with Gasteiger partial charge < -0.3 is 9.15 Å². The fourth-order valence-corrected chi connectivity index (χ4v) is 3.88. The highest BCUT2D eigenvalue weighted by Crippen LogP contribution is 2.23. The summed E-state index contributed by atoms with van der Waals surface area (Å²) in [5.74, 6) is 0.379. The summed E-state index contributed by atoms with van der Waals surface area (Å²) in [7, 11) is 0. The largest absolute Gasteiger partial charge is 0.461 e. The average molecular weight is 540 g/mol. The topological polar surface area (TPSA) is 86.7 Å². The zero-order chi connectivity index (χ0) is 24.9. The quantitative estimate of drug-likeness (QED) is 0.116. The van der Waals surface area contributed by atoms with E-state index in [1.54, 1.807) is 54.6 Å². The highest BCUT2D eigenvalue weighted by Gasteiger charge is 2.15. The molecule has 0 radical (unpaired) electrons. The van der Waals surface area contributed by atoms with Crippen LogP contribution in [0.15, 0.2) is 116 Å². The summed E-state index contributed by atoms with van der Waals surface area (Å²) in [4.78, 5) is 30.3. The van der Waals surface area contributed by atoms with Crippen molar-refractivity contribution in [3.8, 4) is 17.3 Å². The SMILES string of the molecule is O=C(/C=C/c1ccccc1)Oc1ccc(Br)cc1C=Nn1c(-c2ccco2)nc2ccccc2c1=O. The van der Waals surface area contributed by atoms with Crippen LogP contribution < -0.4 is 10.3 Å². The standard InChI is InChI=1S/C28H18BrN3O4/c29-21-13-14-24(36-26(33)15-12-19-7-2-1-3-8-19)20(17-21)18-30-32-27(25-11-6-16-35-25)31-23-10-5-4-9-22(23)28(32)34/h1-18H/b15-12+,30-18?. The van der Waals surface area contributed by atoms with Crippen molar-refractivity contribution in [2.75, 3.05) is 0 Å². The van der Waals surface area contributed by atoms with Crippen molar-refractivity contribution in [2.45, 2.75) is 0 Å². The molecule has 7 nitrogen and oxygen atoms in total. The first-order valence-electron chi connectivity index (χ1n) is 10.9. The minimum absolute atomic E-state index is 0.249. The molecule has 3 aromatic carbocycles. The van der Waals surface area contributed by atoms with Gasteiger partial charge in [-0.3, -0.25) is 4.79 Å². The van der Waals surface area contributed by atoms with E-state index in [1.807, 2.05) is 36.4 Å². The Balaban J connectivity index is 1.51. The molecule has 0 aliphatic rings. The molecule has 5 rings (SSSR count). The summed E-state index contributed by atoms with van der Waals surface area (Å²) in [6.07, 6.45) is 5.97. The van der Waals surface area contributed by atoms with Gasteiger partial charge in [0.15, 0.2) is 5.76 Å². The van der Waals surface area contributed by atoms with Crippen LogP contribution in [0.25, 0.3) is 28.6 Å². The van der Waals surface area contributed by atoms with Crippen LogP contribution in [0, 0.1) is 0 Å². The van der Waals surface area contributed by atoms with Gasteiger partial charge in [0.2, 0.25) is 5.82 Å². The van der Waals surface area contributed by atoms with Crippen molar-refractivity contribution in [3.63, 3.8) is 0 Å². The van der Waals surface area contributed by atoms with E-state index in [4.69, 9.17) is 9.15 Å². The van der Waals surface area contributed by atoms with Crippen molar-refractivity contribution in [3.05, 3.63) is 123 Å². The van der Waals surface area contributed by atoms with Crippen molar-refractivity contribution in [2.24, 2.45) is 5.10 Å². The van der Waals surface area contributed by atoms with E-state index < -0.39 is 5.97 Å². The molecule has 0 atom stereocenters. The van der Waals surface area contributed by atoms with Crippen LogP contribution in [0.1, 0.15) is 11.1 Å². The Morgan fingerprint density at radius 3 is 2.61 bits per heavy atom. The van der Waals surface area contributed by atoms with E-state index in [2.05, 4.69) is 26.0 Å². The maximum Gasteiger partial charge on any atom is 0.336 e. The molecule has 2 heterocycles. The number of carbonyl (C=O) groups is 1. The Hall–Kier alpha value is -4.56. The first-order valence-corrected chi connectivity index (χ1v) is 11.7. The number of para-hydroxylation sites is 1. The number of rotatable bonds is 6. The summed E-state index contributed by atoms with van der Waals surface area (Å²) < 4.78 is 13.0. The molecule has 0 fully saturated rings. The first-order chi connectivity index (χ1) is 17.6. The normalized spacial score (nSPS) is 11.5. The zero-order valence-electron chi connectivity index (χ0n) is 18.7. The van der Waals surface area contributed by atoms with Crippen LogP contribution in [0.3, 0.4) is 0 Å². The molecule has 0 N–H and O–H groups in total. The van der Waals surface area contributed by atoms with Gasteiger partial charge in [-0.05, 0) is 54.1 Å². The van der Waals surface area contributed by atoms with Gasteiger partial charge in [0.05, 0.1) is 23.4 Å². The third kappa shape index (κ3) is 5.08. The Labute approximate surface area is 214 Å². The molecule has 5 aromatic rings. The third-order valence-corrected chi connectivity index (χ3v) is 5.69. The highest BCUT2D eigenvalue weighted by atomic mass is 79.9. The Bertz CT molecular complexity index is 1660. The predicted molar refractivity (Wildman–Crippen MR) is 142 cm³/mol. The molecule has 0 unspecified atom stereocenters. The Kier molecular flexibility index (Phi) is 6.68. The second-order valence-corrected chi connectivity index (χ2v) is 8.55. The summed E-state index contributed by atoms with van der Waals surface area (Å²) in [6.45, 7) is 0. The molecule has 176 valence electrons. The van der Waals surface area contributed by atoms with Crippen LogP contribution in [0.4, 0.5) is 0 Å². The van der Waals surface area contributed by atoms with Gasteiger partial charge in [0.25, 0.3) is 5.56 Å². The van der Waals surface area contributed by atoms with Crippen molar-refractivity contribution >= 4 is 45.1 Å². The molecule has 0 aliphatic carbocycles. The van der Waals surface area contributed by atoms with E-state index in [1.165, 1.54) is 23.2 Å². The van der Waals surface area contributed by atoms with Crippen LogP contribution in [-0.2, 0) is 4.79 Å². The summed E-state index contributed by atoms with van der Waals surface area (Å²) in [5.41, 5.74) is 1.53. The van der Waals surface area contributed by atoms with Gasteiger partial charge in [-0.15, -0.1) is 0 Å². The number of nitrogens with zero attached hydrogens (tertiary/aromatic N) is 3. The van der Waals surface area contributed by atoms with Gasteiger partial charge in [-0.25, -0.2) is 9.78 Å². The van der Waals surface area contributed by atoms with Crippen molar-refractivity contribution < 1.29 is 13.9 Å². The minimum Gasteiger partial charge on any atom is -0.461 e. The van der Waals surface area contributed by atoms with Crippen LogP contribution in [-0.4, -0.2) is 21.8 Å². The third-order valence-electron chi connectivity index (χ3n) is 5.20. The van der Waals surface area contributed by atoms with E-state index in [9.17, 15) is 9.59 Å². The van der Waals surface area contributed by atoms with Gasteiger partial charge >= 0.3 is 5.97 Å². The number of furan rings is 1. The van der Waals surface area contributed by atoms with Crippen LogP contribution in [0.5, 0.6) is 5.75 Å². The molecule has 8 heteroatoms. The number of ether oxygens (including phenoxy) is 1. The second kappa shape index (κ2) is 10.4. The van der Waals surface area contributed by atoms with Gasteiger partial charge in [0.1, 0.15) is 5.75 Å². The summed E-state index contributed by atoms with van der Waals surface area (Å²) in [5, 5.41) is 4.83. The monoisotopic (exact) mass is 539 g/mol. The van der Waals surface area contributed by atoms with Gasteiger partial charge in [-0.1, -0.05) is 58.4 Å². The maximum absolute atomic E-state index is 13.3. The molecular weight excluding hydrogens is 522 g/mol. The number of carbonyl (C=O) groups excluding carboxylic acids is 1. The fraction of sp³-hybridized carbons (Fsp3) is 0. The molecule has 0 bridgehead atoms. The van der Waals surface area contributed by atoms with Crippen molar-refractivity contribution in [1.82, 2.24) is 9.66 Å². The van der Waals surface area contributed by atoms with Crippen LogP contribution >= 0.6 is 15.9 Å². The molecule has 36 heavy (non-hydrogen) atoms. The lowest BCUT2D eigenvalue weighted by molar-refractivity contribution is -0.128. The zero-order valence-corrected chi connectivity index (χ0v) is 20.3. The number of hydrogen-bond acceptors (Lipinski definition) is 6. The van der Waals surface area contributed by atoms with E-state index in [0.29, 0.717) is 22.2 Å². The number of halogens is 1. The maximum atomic E-state index is 13.3. The molecule has 0 spiro atoms. The molecule has 2 aromatic heterocycles. The van der Waals surface area contributed by atoms with Gasteiger partial charge in [-0.2, -0.15) is 9.78 Å². The Morgan fingerprint density at radius 1 is 1.00 bits per heavy atom. The summed E-state index contributed by atoms with van der Waals surface area (Å²) in [6, 6.07) is 25.0. The Morgan fingerprint density at radius 2 is 1.81 bits per heavy atom. The lowest BCUT2D eigenvalue weighted by atomic mass is 10.2. The summed E-state index contributed by atoms with van der Waals surface area (Å²) >= 11 is 3.43. The number of benzene rings is 3. The number of esters is 1.